The van der Waals surface area contributed by atoms with Gasteiger partial charge < -0.3 is 9.55 Å². The summed E-state index contributed by atoms with van der Waals surface area (Å²) in [6.07, 6.45) is 1.92. The summed E-state index contributed by atoms with van der Waals surface area (Å²) in [5.74, 6) is 1.68. The molecule has 0 radical (unpaired) electrons. The second kappa shape index (κ2) is 18.1. The molecular weight excluding hydrogens is 1080 g/mol. The van der Waals surface area contributed by atoms with Crippen molar-refractivity contribution in [2.24, 2.45) is 0 Å². The van der Waals surface area contributed by atoms with E-state index in [1.54, 1.807) is 0 Å². The first-order valence-electron chi connectivity index (χ1n) is 25.3. The van der Waals surface area contributed by atoms with E-state index in [1.165, 1.54) is 55.5 Å². The molecule has 0 atom stereocenters. The van der Waals surface area contributed by atoms with E-state index < -0.39 is 0 Å². The zero-order valence-electron chi connectivity index (χ0n) is 42.5. The molecule has 74 heavy (non-hydrogen) atoms. The number of pyridine rings is 1. The maximum absolute atomic E-state index is 5.81. The van der Waals surface area contributed by atoms with Crippen LogP contribution in [0.4, 0.5) is 0 Å². The van der Waals surface area contributed by atoms with Gasteiger partial charge in [0, 0.05) is 28.4 Å². The fourth-order valence-electron chi connectivity index (χ4n) is 11.6. The zero-order valence-corrected chi connectivity index (χ0v) is 44.8. The number of imidazole rings is 1. The van der Waals surface area contributed by atoms with Gasteiger partial charge in [0.25, 0.3) is 0 Å². The summed E-state index contributed by atoms with van der Waals surface area (Å²) in [6.45, 7) is 15.7. The van der Waals surface area contributed by atoms with Crippen molar-refractivity contribution in [3.63, 3.8) is 0 Å². The molecular formula is C68H53N5Pt. The second-order valence-electron chi connectivity index (χ2n) is 20.4. The van der Waals surface area contributed by atoms with Crippen LogP contribution in [0, 0.1) is 40.7 Å². The normalized spacial score (nSPS) is 11.9. The van der Waals surface area contributed by atoms with Crippen LogP contribution in [-0.4, -0.2) is 19.1 Å². The van der Waals surface area contributed by atoms with Crippen LogP contribution in [0.25, 0.3) is 111 Å². The molecule has 0 saturated heterocycles. The van der Waals surface area contributed by atoms with Crippen LogP contribution in [0.15, 0.2) is 194 Å². The maximum atomic E-state index is 5.81. The molecule has 13 rings (SSSR count). The van der Waals surface area contributed by atoms with E-state index in [0.717, 1.165) is 94.4 Å². The van der Waals surface area contributed by atoms with Crippen molar-refractivity contribution in [2.75, 3.05) is 0 Å². The van der Waals surface area contributed by atoms with Gasteiger partial charge in [-0.25, -0.2) is 9.97 Å². The molecule has 4 aromatic heterocycles. The molecule has 9 aromatic carbocycles. The molecule has 0 spiro atoms. The van der Waals surface area contributed by atoms with Crippen LogP contribution in [0.3, 0.4) is 0 Å². The third-order valence-electron chi connectivity index (χ3n) is 15.5. The summed E-state index contributed by atoms with van der Waals surface area (Å²) in [5.41, 5.74) is 23.0. The van der Waals surface area contributed by atoms with Crippen molar-refractivity contribution in [2.45, 2.75) is 53.9 Å². The van der Waals surface area contributed by atoms with E-state index in [-0.39, 0.29) is 26.5 Å². The summed E-state index contributed by atoms with van der Waals surface area (Å²) in [4.78, 5) is 16.3. The second-order valence-corrected chi connectivity index (χ2v) is 20.4. The summed E-state index contributed by atoms with van der Waals surface area (Å²) in [7, 11) is 0. The topological polar surface area (TPSA) is 49.7 Å². The van der Waals surface area contributed by atoms with Gasteiger partial charge in [0.2, 0.25) is 0 Å². The quantitative estimate of drug-likeness (QED) is 0.143. The third-order valence-corrected chi connectivity index (χ3v) is 15.5. The van der Waals surface area contributed by atoms with E-state index in [4.69, 9.17) is 15.0 Å². The number of aromatic nitrogens is 5. The molecule has 13 aromatic rings. The number of hydrogen-bond donors (Lipinski definition) is 0. The Kier molecular flexibility index (Phi) is 11.5. The van der Waals surface area contributed by atoms with Crippen LogP contribution in [0.5, 0.6) is 0 Å². The van der Waals surface area contributed by atoms with Crippen LogP contribution in [-0.2, 0) is 26.5 Å². The average Bonchev–Trinajstić information content (AvgIpc) is 4.12. The van der Waals surface area contributed by atoms with Gasteiger partial charge in [0.15, 0.2) is 0 Å². The van der Waals surface area contributed by atoms with Crippen molar-refractivity contribution in [1.29, 1.82) is 0 Å². The van der Waals surface area contributed by atoms with Gasteiger partial charge in [-0.1, -0.05) is 158 Å². The number of hydrogen-bond acceptors (Lipinski definition) is 2. The molecule has 0 saturated carbocycles. The number of fused-ring (bicyclic) bond motifs is 7. The van der Waals surface area contributed by atoms with Gasteiger partial charge in [-0.05, 0) is 160 Å². The Labute approximate surface area is 446 Å². The van der Waals surface area contributed by atoms with Crippen LogP contribution in [0.2, 0.25) is 0 Å². The van der Waals surface area contributed by atoms with Gasteiger partial charge in [0.05, 0.1) is 11.0 Å². The number of nitrogens with zero attached hydrogens (tertiary/aromatic N) is 5. The zero-order chi connectivity index (χ0) is 49.7. The van der Waals surface area contributed by atoms with Crippen LogP contribution in [0.1, 0.15) is 52.8 Å². The number of para-hydroxylation sites is 2. The molecule has 4 heterocycles. The molecule has 0 N–H and O–H groups in total. The SMILES string of the molecule is Cc1cccc(-n2c(-c3cc(C(C)(C)c4ccccc4)c(C)c4c3[n-]c3ccccc34)nc3c(-c4[c-]c5c(cc4)c4cc(-c6cc(C)c(C)cc6C)ccc4n5-c4cc(-c5ccccc5)ccn4)cccc32)c1.[Pt+2]. The Morgan fingerprint density at radius 3 is 2.09 bits per heavy atom. The van der Waals surface area contributed by atoms with Gasteiger partial charge in [-0.3, -0.25) is 4.57 Å². The molecule has 360 valence electrons. The summed E-state index contributed by atoms with van der Waals surface area (Å²) >= 11 is 0. The molecule has 0 aliphatic rings. The van der Waals surface area contributed by atoms with Gasteiger partial charge >= 0.3 is 21.1 Å². The van der Waals surface area contributed by atoms with Gasteiger partial charge in [0.1, 0.15) is 11.6 Å². The molecule has 0 aliphatic heterocycles. The number of aryl methyl sites for hydroxylation is 5. The molecule has 0 amide bonds. The van der Waals surface area contributed by atoms with E-state index in [2.05, 4.69) is 252 Å². The Bertz CT molecular complexity index is 4340. The first-order valence-corrected chi connectivity index (χ1v) is 25.3. The Balaban J connectivity index is 0.00000556. The molecule has 5 nitrogen and oxygen atoms in total. The van der Waals surface area contributed by atoms with E-state index in [1.807, 2.05) is 6.20 Å². The average molecular weight is 1140 g/mol. The van der Waals surface area contributed by atoms with E-state index >= 15 is 0 Å². The van der Waals surface area contributed by atoms with Crippen molar-refractivity contribution in [3.05, 3.63) is 239 Å². The monoisotopic (exact) mass is 1130 g/mol. The summed E-state index contributed by atoms with van der Waals surface area (Å²) in [6, 6.07) is 72.0. The number of benzene rings is 9. The molecule has 0 unspecified atom stereocenters. The maximum Gasteiger partial charge on any atom is 2.00 e. The Morgan fingerprint density at radius 2 is 1.28 bits per heavy atom. The van der Waals surface area contributed by atoms with Crippen LogP contribution < -0.4 is 4.98 Å². The fraction of sp³-hybridized carbons (Fsp3) is 0.118. The minimum Gasteiger partial charge on any atom is -0.656 e. The van der Waals surface area contributed by atoms with E-state index in [9.17, 15) is 0 Å². The first-order chi connectivity index (χ1) is 35.5. The van der Waals surface area contributed by atoms with Crippen molar-refractivity contribution in [1.82, 2.24) is 24.1 Å². The van der Waals surface area contributed by atoms with Gasteiger partial charge in [-0.15, -0.1) is 34.8 Å². The summed E-state index contributed by atoms with van der Waals surface area (Å²) in [5, 5.41) is 4.58. The smallest absolute Gasteiger partial charge is 0.656 e. The Hall–Kier alpha value is -8.11. The predicted octanol–water partition coefficient (Wildman–Crippen LogP) is 17.1. The van der Waals surface area contributed by atoms with E-state index in [0.29, 0.717) is 0 Å². The predicted molar refractivity (Wildman–Crippen MR) is 304 cm³/mol. The standard InChI is InChI=1S/C68H53N5.Pt/c1-41-18-16-23-51(34-41)72-61-27-17-25-52(65(61)71-67(72)57-40-58(68(6,7)50-21-12-9-13-22-50)45(5)64-54-24-14-15-26-59(54)70-66(57)64)49-28-30-53-56-37-48(55-36-43(3)42(2)35-44(55)4)29-31-60(56)73(62(53)38-49)63-39-47(32-33-69-63)46-19-10-8-11-20-46;/h8-37,39-40H,1-7H3;/q-2;+2. The van der Waals surface area contributed by atoms with Crippen LogP contribution >= 0.6 is 0 Å². The van der Waals surface area contributed by atoms with Crippen molar-refractivity contribution in [3.8, 4) is 56.3 Å². The first kappa shape index (κ1) is 46.9. The largest absolute Gasteiger partial charge is 2.00 e. The summed E-state index contributed by atoms with van der Waals surface area (Å²) < 4.78 is 4.64. The minimum atomic E-state index is -0.324. The van der Waals surface area contributed by atoms with Crippen molar-refractivity contribution >= 4 is 54.6 Å². The fourth-order valence-corrected chi connectivity index (χ4v) is 11.6. The molecule has 0 bridgehead atoms. The minimum absolute atomic E-state index is 0. The molecule has 6 heteroatoms. The van der Waals surface area contributed by atoms with Gasteiger partial charge in [-0.2, -0.15) is 0 Å². The number of rotatable bonds is 8. The third kappa shape index (κ3) is 7.55. The molecule has 0 aliphatic carbocycles. The van der Waals surface area contributed by atoms with Crippen molar-refractivity contribution < 1.29 is 21.1 Å². The Morgan fingerprint density at radius 1 is 0.527 bits per heavy atom. The molecule has 0 fully saturated rings.